The highest BCUT2D eigenvalue weighted by Crippen LogP contribution is 2.34. The quantitative estimate of drug-likeness (QED) is 0.787. The van der Waals surface area contributed by atoms with Crippen molar-refractivity contribution in [1.29, 1.82) is 0 Å². The molecule has 3 rings (SSSR count). The lowest BCUT2D eigenvalue weighted by molar-refractivity contribution is -0.947. The third-order valence-corrected chi connectivity index (χ3v) is 5.05. The Hall–Kier alpha value is -1.19. The number of carbonyl (C=O) groups is 1. The number of likely N-dealkylation sites (tertiary alicyclic amines) is 1. The molecular weight excluding hydrogens is 238 g/mol. The highest BCUT2D eigenvalue weighted by Gasteiger charge is 2.55. The van der Waals surface area contributed by atoms with Crippen LogP contribution in [-0.4, -0.2) is 29.6 Å². The number of Topliss-reactive ketones (excluding diaryl/α,β-unsaturated/α-hetero) is 1. The van der Waals surface area contributed by atoms with Gasteiger partial charge in [0, 0.05) is 12.0 Å². The van der Waals surface area contributed by atoms with Crippen LogP contribution in [0, 0.1) is 0 Å². The molecule has 0 amide bonds. The van der Waals surface area contributed by atoms with Crippen molar-refractivity contribution < 1.29 is 14.8 Å². The van der Waals surface area contributed by atoms with Gasteiger partial charge in [0.05, 0.1) is 13.5 Å². The van der Waals surface area contributed by atoms with Gasteiger partial charge in [0.1, 0.15) is 12.1 Å². The van der Waals surface area contributed by atoms with Crippen molar-refractivity contribution in [3.05, 3.63) is 35.9 Å². The maximum Gasteiger partial charge on any atom is 0.176 e. The van der Waals surface area contributed by atoms with Gasteiger partial charge in [0.25, 0.3) is 0 Å². The number of rotatable bonds is 1. The van der Waals surface area contributed by atoms with Crippen molar-refractivity contribution in [2.24, 2.45) is 0 Å². The van der Waals surface area contributed by atoms with Crippen LogP contribution in [0.1, 0.15) is 43.7 Å². The number of ketones is 1. The van der Waals surface area contributed by atoms with E-state index in [1.807, 2.05) is 18.2 Å². The van der Waals surface area contributed by atoms with Crippen LogP contribution in [0.25, 0.3) is 0 Å². The number of benzene rings is 1. The van der Waals surface area contributed by atoms with Crippen LogP contribution in [0.4, 0.5) is 0 Å². The summed E-state index contributed by atoms with van der Waals surface area (Å²) in [5, 5.41) is 10.7. The number of fused-ring (bicyclic) bond motifs is 1. The average Bonchev–Trinajstić information content (AvgIpc) is 2.44. The number of quaternary nitrogens is 1. The van der Waals surface area contributed by atoms with E-state index in [2.05, 4.69) is 19.2 Å². The Labute approximate surface area is 114 Å². The molecule has 1 aliphatic carbocycles. The van der Waals surface area contributed by atoms with Gasteiger partial charge in [0.2, 0.25) is 0 Å². The molecule has 4 atom stereocenters. The second kappa shape index (κ2) is 4.73. The molecule has 1 unspecified atom stereocenters. The van der Waals surface area contributed by atoms with Gasteiger partial charge in [-0.2, -0.15) is 0 Å². The Balaban J connectivity index is 1.93. The third kappa shape index (κ3) is 2.01. The molecule has 1 saturated heterocycles. The minimum absolute atomic E-state index is 0.0525. The van der Waals surface area contributed by atoms with Gasteiger partial charge in [-0.05, 0) is 19.3 Å². The SMILES string of the molecule is C[NH+]1[C@@H](c2ccccc2)CC(=O)[C@@]2(O)CCCC[C@H]12. The minimum Gasteiger partial charge on any atom is -0.376 e. The zero-order chi connectivity index (χ0) is 13.5. The standard InChI is InChI=1S/C16H21NO2/c1-17-13(12-7-3-2-4-8-12)11-15(18)16(19)10-6-5-9-14(16)17/h2-4,7-8,13-14,19H,5-6,9-11H2,1H3/p+1/t13-,14+,16-/m1/s1. The van der Waals surface area contributed by atoms with Gasteiger partial charge in [-0.15, -0.1) is 0 Å². The lowest BCUT2D eigenvalue weighted by Crippen LogP contribution is -3.17. The highest BCUT2D eigenvalue weighted by atomic mass is 16.3. The van der Waals surface area contributed by atoms with Crippen LogP contribution in [-0.2, 0) is 4.79 Å². The number of carbonyl (C=O) groups excluding carboxylic acids is 1. The molecule has 0 radical (unpaired) electrons. The van der Waals surface area contributed by atoms with E-state index in [0.29, 0.717) is 12.8 Å². The molecule has 2 fully saturated rings. The first-order valence-electron chi connectivity index (χ1n) is 7.27. The van der Waals surface area contributed by atoms with E-state index in [1.165, 1.54) is 10.5 Å². The van der Waals surface area contributed by atoms with Crippen LogP contribution >= 0.6 is 0 Å². The first-order valence-corrected chi connectivity index (χ1v) is 7.27. The van der Waals surface area contributed by atoms with Crippen molar-refractivity contribution in [1.82, 2.24) is 0 Å². The van der Waals surface area contributed by atoms with Crippen molar-refractivity contribution >= 4 is 5.78 Å². The molecule has 1 saturated carbocycles. The third-order valence-electron chi connectivity index (χ3n) is 5.05. The molecule has 1 aliphatic heterocycles. The van der Waals surface area contributed by atoms with Gasteiger partial charge in [0.15, 0.2) is 11.4 Å². The number of nitrogens with one attached hydrogen (secondary N) is 1. The summed E-state index contributed by atoms with van der Waals surface area (Å²) in [7, 11) is 2.13. The lowest BCUT2D eigenvalue weighted by Gasteiger charge is -2.47. The van der Waals surface area contributed by atoms with Crippen LogP contribution in [0.5, 0.6) is 0 Å². The van der Waals surface area contributed by atoms with Gasteiger partial charge in [-0.25, -0.2) is 0 Å². The van der Waals surface area contributed by atoms with Crippen molar-refractivity contribution in [3.8, 4) is 0 Å². The molecule has 19 heavy (non-hydrogen) atoms. The summed E-state index contributed by atoms with van der Waals surface area (Å²) in [4.78, 5) is 13.7. The summed E-state index contributed by atoms with van der Waals surface area (Å²) in [5.74, 6) is 0.0525. The topological polar surface area (TPSA) is 41.7 Å². The molecule has 1 aromatic rings. The number of hydrogen-bond donors (Lipinski definition) is 2. The zero-order valence-corrected chi connectivity index (χ0v) is 11.4. The largest absolute Gasteiger partial charge is 0.376 e. The number of hydrogen-bond acceptors (Lipinski definition) is 2. The fraction of sp³-hybridized carbons (Fsp3) is 0.562. The van der Waals surface area contributed by atoms with E-state index in [4.69, 9.17) is 0 Å². The summed E-state index contributed by atoms with van der Waals surface area (Å²) in [6.45, 7) is 0. The molecule has 102 valence electrons. The summed E-state index contributed by atoms with van der Waals surface area (Å²) < 4.78 is 0. The van der Waals surface area contributed by atoms with Gasteiger partial charge in [-0.1, -0.05) is 30.3 Å². The van der Waals surface area contributed by atoms with E-state index < -0.39 is 5.60 Å². The van der Waals surface area contributed by atoms with Gasteiger partial charge >= 0.3 is 0 Å². The van der Waals surface area contributed by atoms with E-state index in [0.717, 1.165) is 19.3 Å². The van der Waals surface area contributed by atoms with Crippen LogP contribution in [0.2, 0.25) is 0 Å². The Morgan fingerprint density at radius 2 is 2.00 bits per heavy atom. The van der Waals surface area contributed by atoms with Crippen molar-refractivity contribution in [2.45, 2.75) is 49.8 Å². The monoisotopic (exact) mass is 260 g/mol. The Kier molecular flexibility index (Phi) is 3.19. The molecule has 3 nitrogen and oxygen atoms in total. The molecule has 3 heteroatoms. The first-order chi connectivity index (χ1) is 9.13. The Morgan fingerprint density at radius 3 is 2.74 bits per heavy atom. The second-order valence-electron chi connectivity index (χ2n) is 6.06. The summed E-state index contributed by atoms with van der Waals surface area (Å²) in [6.07, 6.45) is 4.16. The molecular formula is C16H22NO2+. The minimum atomic E-state index is -1.06. The fourth-order valence-corrected chi connectivity index (χ4v) is 3.93. The highest BCUT2D eigenvalue weighted by molar-refractivity contribution is 5.89. The average molecular weight is 260 g/mol. The van der Waals surface area contributed by atoms with Crippen molar-refractivity contribution in [2.75, 3.05) is 7.05 Å². The van der Waals surface area contributed by atoms with E-state index in [9.17, 15) is 9.90 Å². The number of aliphatic hydroxyl groups is 1. The predicted octanol–water partition coefficient (Wildman–Crippen LogP) is 0.889. The predicted molar refractivity (Wildman–Crippen MR) is 72.9 cm³/mol. The molecule has 2 N–H and O–H groups in total. The Morgan fingerprint density at radius 1 is 1.26 bits per heavy atom. The van der Waals surface area contributed by atoms with E-state index in [-0.39, 0.29) is 17.9 Å². The fourth-order valence-electron chi connectivity index (χ4n) is 3.93. The smallest absolute Gasteiger partial charge is 0.176 e. The van der Waals surface area contributed by atoms with Crippen molar-refractivity contribution in [3.63, 3.8) is 0 Å². The molecule has 1 heterocycles. The molecule has 1 aromatic carbocycles. The van der Waals surface area contributed by atoms with Crippen LogP contribution in [0.15, 0.2) is 30.3 Å². The Bertz CT molecular complexity index is 473. The van der Waals surface area contributed by atoms with Crippen LogP contribution < -0.4 is 4.90 Å². The molecule has 0 spiro atoms. The number of likely N-dealkylation sites (N-methyl/N-ethyl adjacent to an activating group) is 1. The molecule has 2 aliphatic rings. The number of piperidine rings is 1. The van der Waals surface area contributed by atoms with Gasteiger partial charge in [-0.3, -0.25) is 4.79 Å². The maximum atomic E-state index is 12.4. The van der Waals surface area contributed by atoms with Crippen LogP contribution in [0.3, 0.4) is 0 Å². The second-order valence-corrected chi connectivity index (χ2v) is 6.06. The summed E-state index contributed by atoms with van der Waals surface area (Å²) in [6, 6.07) is 10.5. The van der Waals surface area contributed by atoms with Gasteiger partial charge < -0.3 is 10.0 Å². The molecule has 0 aromatic heterocycles. The van der Waals surface area contributed by atoms with E-state index in [1.54, 1.807) is 0 Å². The first kappa shape index (κ1) is 12.8. The summed E-state index contributed by atoms with van der Waals surface area (Å²) >= 11 is 0. The summed E-state index contributed by atoms with van der Waals surface area (Å²) in [5.41, 5.74) is 0.147. The zero-order valence-electron chi connectivity index (χ0n) is 11.4. The lowest BCUT2D eigenvalue weighted by atomic mass is 9.71. The maximum absolute atomic E-state index is 12.4. The normalized spacial score (nSPS) is 38.8. The van der Waals surface area contributed by atoms with E-state index >= 15 is 0 Å². The molecule has 0 bridgehead atoms.